The lowest BCUT2D eigenvalue weighted by atomic mass is 9.35. The highest BCUT2D eigenvalue weighted by atomic mass is 32.1. The summed E-state index contributed by atoms with van der Waals surface area (Å²) in [6.45, 7) is 9.88. The maximum Gasteiger partial charge on any atom is 0.245 e. The minimum atomic E-state index is -1.22. The second-order valence-electron chi connectivity index (χ2n) is 20.7. The Morgan fingerprint density at radius 3 is 1.07 bits per heavy atom. The summed E-state index contributed by atoms with van der Waals surface area (Å²) in [7, 11) is 0. The molecule has 69 heavy (non-hydrogen) atoms. The Morgan fingerprint density at radius 2 is 0.681 bits per heavy atom. The lowest BCUT2D eigenvalue weighted by Crippen LogP contribution is -2.64. The van der Waals surface area contributed by atoms with Crippen molar-refractivity contribution in [3.8, 4) is 55.0 Å². The zero-order chi connectivity index (χ0) is 45.9. The van der Waals surface area contributed by atoms with Crippen molar-refractivity contribution < 1.29 is 8.96 Å². The number of thiophene rings is 1. The van der Waals surface area contributed by atoms with Crippen LogP contribution in [0.5, 0.6) is 0 Å². The standard InChI is InChI=1S/C62H46B2N4S/c1-63(2)53-37-39(31-33-51(53)61-65(41-19-7-5-8-20-41)57-47-27-15-11-23-43(47)45-25-13-17-29-49(45)59(57)67(61)63)55-35-36-56(69-55)40-32-34-52-54(38-40)64(3,4)68-60-50-30-18-14-26-46(50)44-24-12-16-28-48(44)58(60)66(62(52)68)42-21-9-6-10-22-42/h5-38H,1-4H3. The van der Waals surface area contributed by atoms with Gasteiger partial charge in [-0.15, -0.1) is 49.6 Å². The molecule has 326 valence electrons. The van der Waals surface area contributed by atoms with Crippen LogP contribution in [-0.4, -0.2) is 21.7 Å². The normalized spacial score (nSPS) is 14.3. The van der Waals surface area contributed by atoms with E-state index in [-0.39, 0.29) is 0 Å². The maximum atomic E-state index is 2.70. The Hall–Kier alpha value is -7.99. The van der Waals surface area contributed by atoms with Gasteiger partial charge in [0.1, 0.15) is 22.4 Å². The van der Waals surface area contributed by atoms with E-state index in [1.54, 1.807) is 0 Å². The van der Waals surface area contributed by atoms with Crippen molar-refractivity contribution in [3.05, 3.63) is 206 Å². The number of benzene rings is 10. The molecule has 0 unspecified atom stereocenters. The molecule has 3 aromatic heterocycles. The van der Waals surface area contributed by atoms with Gasteiger partial charge >= 0.3 is 0 Å². The molecule has 0 aliphatic carbocycles. The highest BCUT2D eigenvalue weighted by molar-refractivity contribution is 7.18. The van der Waals surface area contributed by atoms with E-state index in [2.05, 4.69) is 252 Å². The van der Waals surface area contributed by atoms with E-state index < -0.39 is 12.6 Å². The van der Waals surface area contributed by atoms with Crippen molar-refractivity contribution >= 4 is 100.0 Å². The van der Waals surface area contributed by atoms with Gasteiger partial charge < -0.3 is 8.96 Å². The van der Waals surface area contributed by atoms with Crippen LogP contribution in [0, 0.1) is 0 Å². The molecule has 13 aromatic rings. The third-order valence-corrected chi connectivity index (χ3v) is 17.4. The van der Waals surface area contributed by atoms with Crippen LogP contribution in [0.4, 0.5) is 0 Å². The van der Waals surface area contributed by atoms with Crippen LogP contribution in [0.2, 0.25) is 27.3 Å². The van der Waals surface area contributed by atoms with Crippen LogP contribution >= 0.6 is 11.3 Å². The highest BCUT2D eigenvalue weighted by Gasteiger charge is 2.45. The van der Waals surface area contributed by atoms with Crippen molar-refractivity contribution in [1.29, 1.82) is 0 Å². The SMILES string of the molecule is C[B-]1(C)c2cc(-c3ccc(-c4ccc5c(c4)[B-](C)(C)[n+]4c-5n(-c5ccccc5)c5c6ccccc6c6ccccc6c54)s3)ccc2-c2n(-c3ccccc3)c3c4ccccc4c4ccccc4c3[n+]21. The molecule has 7 heteroatoms. The molecule has 0 spiro atoms. The number of para-hydroxylation sites is 2. The van der Waals surface area contributed by atoms with E-state index in [4.69, 9.17) is 0 Å². The van der Waals surface area contributed by atoms with Gasteiger partial charge in [0.05, 0.1) is 0 Å². The molecule has 2 aliphatic heterocycles. The Bertz CT molecular complexity index is 4090. The Labute approximate surface area is 404 Å². The molecule has 0 saturated carbocycles. The number of nitrogens with zero attached hydrogens (tertiary/aromatic N) is 4. The molecule has 5 heterocycles. The van der Waals surface area contributed by atoms with E-state index in [1.807, 2.05) is 11.3 Å². The van der Waals surface area contributed by atoms with E-state index in [1.165, 1.54) is 131 Å². The minimum Gasteiger partial charge on any atom is -0.417 e. The topological polar surface area (TPSA) is 17.6 Å². The number of hydrogen-bond donors (Lipinski definition) is 0. The van der Waals surface area contributed by atoms with Gasteiger partial charge in [0.15, 0.2) is 11.0 Å². The van der Waals surface area contributed by atoms with Gasteiger partial charge in [-0.05, 0) is 93.3 Å². The van der Waals surface area contributed by atoms with Crippen molar-refractivity contribution in [2.75, 3.05) is 0 Å². The molecule has 15 rings (SSSR count). The first-order valence-corrected chi connectivity index (χ1v) is 25.4. The number of hydrogen-bond acceptors (Lipinski definition) is 1. The number of fused-ring (bicyclic) bond motifs is 20. The first-order chi connectivity index (χ1) is 33.8. The first-order valence-electron chi connectivity index (χ1n) is 24.6. The summed E-state index contributed by atoms with van der Waals surface area (Å²) in [6.07, 6.45) is -2.45. The molecule has 0 amide bonds. The molecule has 0 fully saturated rings. The third-order valence-electron chi connectivity index (χ3n) is 16.2. The molecule has 10 aromatic carbocycles. The Morgan fingerprint density at radius 1 is 0.348 bits per heavy atom. The summed E-state index contributed by atoms with van der Waals surface area (Å²) in [6, 6.07) is 77.1. The van der Waals surface area contributed by atoms with Gasteiger partial charge in [-0.25, -0.2) is 0 Å². The van der Waals surface area contributed by atoms with Crippen molar-refractivity contribution in [3.63, 3.8) is 0 Å². The second-order valence-corrected chi connectivity index (χ2v) is 21.8. The predicted molar refractivity (Wildman–Crippen MR) is 295 cm³/mol. The monoisotopic (exact) mass is 900 g/mol. The average Bonchev–Trinajstić information content (AvgIpc) is 4.21. The van der Waals surface area contributed by atoms with Crippen LogP contribution in [0.15, 0.2) is 206 Å². The van der Waals surface area contributed by atoms with Crippen molar-refractivity contribution in [1.82, 2.24) is 9.13 Å². The van der Waals surface area contributed by atoms with E-state index in [0.717, 1.165) is 0 Å². The molecule has 0 saturated heterocycles. The van der Waals surface area contributed by atoms with Crippen LogP contribution in [-0.2, 0) is 0 Å². The van der Waals surface area contributed by atoms with Crippen LogP contribution in [0.3, 0.4) is 0 Å². The summed E-state index contributed by atoms with van der Waals surface area (Å²) < 4.78 is 10.5. The molecule has 0 atom stereocenters. The molecular formula is C62H46B2N4S. The molecule has 0 N–H and O–H groups in total. The van der Waals surface area contributed by atoms with Gasteiger partial charge in [-0.1, -0.05) is 146 Å². The number of imidazole rings is 2. The minimum absolute atomic E-state index is 1.18. The summed E-state index contributed by atoms with van der Waals surface area (Å²) in [4.78, 5) is 2.58. The summed E-state index contributed by atoms with van der Waals surface area (Å²) in [5.74, 6) is 2.51. The van der Waals surface area contributed by atoms with Gasteiger partial charge in [-0.3, -0.25) is 0 Å². The van der Waals surface area contributed by atoms with E-state index in [9.17, 15) is 0 Å². The smallest absolute Gasteiger partial charge is 0.245 e. The largest absolute Gasteiger partial charge is 0.417 e. The van der Waals surface area contributed by atoms with Gasteiger partial charge in [0.2, 0.25) is 24.2 Å². The van der Waals surface area contributed by atoms with Crippen LogP contribution in [0.1, 0.15) is 0 Å². The van der Waals surface area contributed by atoms with Crippen molar-refractivity contribution in [2.24, 2.45) is 0 Å². The zero-order valence-corrected chi connectivity index (χ0v) is 39.8. The highest BCUT2D eigenvalue weighted by Crippen LogP contribution is 2.45. The quantitative estimate of drug-likeness (QED) is 0.124. The fourth-order valence-corrected chi connectivity index (χ4v) is 14.1. The summed E-state index contributed by atoms with van der Waals surface area (Å²) in [5, 5.41) is 10.3. The molecular weight excluding hydrogens is 854 g/mol. The number of aromatic nitrogens is 4. The summed E-state index contributed by atoms with van der Waals surface area (Å²) >= 11 is 1.90. The first kappa shape index (κ1) is 39.0. The van der Waals surface area contributed by atoms with E-state index in [0.29, 0.717) is 0 Å². The lowest BCUT2D eigenvalue weighted by Gasteiger charge is -2.25. The number of rotatable bonds is 4. The average molecular weight is 901 g/mol. The molecule has 0 bridgehead atoms. The van der Waals surface area contributed by atoms with Gasteiger partial charge in [-0.2, -0.15) is 9.13 Å². The Balaban J connectivity index is 0.883. The molecule has 4 nitrogen and oxygen atoms in total. The Kier molecular flexibility index (Phi) is 7.82. The fourth-order valence-electron chi connectivity index (χ4n) is 13.1. The lowest BCUT2D eigenvalue weighted by molar-refractivity contribution is -0.497. The van der Waals surface area contributed by atoms with Crippen LogP contribution < -0.4 is 19.9 Å². The van der Waals surface area contributed by atoms with Gasteiger partial charge in [0, 0.05) is 42.4 Å². The molecule has 0 radical (unpaired) electrons. The summed E-state index contributed by atoms with van der Waals surface area (Å²) in [5.41, 5.74) is 15.5. The third kappa shape index (κ3) is 5.10. The predicted octanol–water partition coefficient (Wildman–Crippen LogP) is 14.0. The van der Waals surface area contributed by atoms with Crippen LogP contribution in [0.25, 0.3) is 120 Å². The maximum absolute atomic E-state index is 2.70. The van der Waals surface area contributed by atoms with E-state index >= 15 is 0 Å². The van der Waals surface area contributed by atoms with Crippen molar-refractivity contribution in [2.45, 2.75) is 27.3 Å². The second kappa shape index (κ2) is 13.8. The zero-order valence-electron chi connectivity index (χ0n) is 39.0. The fraction of sp³-hybridized carbons (Fsp3) is 0.0645. The van der Waals surface area contributed by atoms with Gasteiger partial charge in [0.25, 0.3) is 0 Å². The molecule has 2 aliphatic rings.